The number of thioether (sulfide) groups is 1. The maximum atomic E-state index is 6.19. The van der Waals surface area contributed by atoms with Gasteiger partial charge in [0.05, 0.1) is 0 Å². The first kappa shape index (κ1) is 15.3. The number of nitrogens with one attached hydrogen (secondary N) is 1. The van der Waals surface area contributed by atoms with Crippen LogP contribution < -0.4 is 10.1 Å². The Kier molecular flexibility index (Phi) is 6.29. The Labute approximate surface area is 126 Å². The number of fused-ring (bicyclic) bond motifs is 1. The van der Waals surface area contributed by atoms with Gasteiger partial charge in [-0.15, -0.1) is 24.1 Å². The summed E-state index contributed by atoms with van der Waals surface area (Å²) < 4.78 is 6.19. The molecule has 3 heteroatoms. The summed E-state index contributed by atoms with van der Waals surface area (Å²) in [7, 11) is 0. The SMILES string of the molecule is C#CCCCC(NCCC)C1CSc2ccccc2O1. The van der Waals surface area contributed by atoms with Crippen LogP contribution in [0, 0.1) is 12.3 Å². The maximum Gasteiger partial charge on any atom is 0.133 e. The summed E-state index contributed by atoms with van der Waals surface area (Å²) in [4.78, 5) is 1.25. The Morgan fingerprint density at radius 3 is 3.15 bits per heavy atom. The molecule has 0 aliphatic carbocycles. The van der Waals surface area contributed by atoms with Crippen molar-refractivity contribution in [2.75, 3.05) is 12.3 Å². The van der Waals surface area contributed by atoms with Crippen molar-refractivity contribution in [3.05, 3.63) is 24.3 Å². The fourth-order valence-electron chi connectivity index (χ4n) is 2.41. The number of hydrogen-bond acceptors (Lipinski definition) is 3. The summed E-state index contributed by atoms with van der Waals surface area (Å²) in [6, 6.07) is 8.68. The Morgan fingerprint density at radius 1 is 1.50 bits per heavy atom. The standard InChI is InChI=1S/C17H23NOS/c1-3-5-6-9-14(18-12-4-2)16-13-20-17-11-8-7-10-15(17)19-16/h1,7-8,10-11,14,16,18H,4-6,9,12-13H2,2H3. The minimum absolute atomic E-state index is 0.235. The number of ether oxygens (including phenoxy) is 1. The average Bonchev–Trinajstić information content (AvgIpc) is 2.50. The largest absolute Gasteiger partial charge is 0.487 e. The van der Waals surface area contributed by atoms with E-state index in [9.17, 15) is 0 Å². The van der Waals surface area contributed by atoms with Gasteiger partial charge in [0.2, 0.25) is 0 Å². The summed E-state index contributed by atoms with van der Waals surface area (Å²) in [5.41, 5.74) is 0. The van der Waals surface area contributed by atoms with Crippen LogP contribution in [0.2, 0.25) is 0 Å². The summed E-state index contributed by atoms with van der Waals surface area (Å²) in [5, 5.41) is 3.62. The zero-order valence-electron chi connectivity index (χ0n) is 12.1. The molecular weight excluding hydrogens is 266 g/mol. The number of terminal acetylenes is 1. The molecule has 0 bridgehead atoms. The van der Waals surface area contributed by atoms with Crippen LogP contribution in [0.4, 0.5) is 0 Å². The van der Waals surface area contributed by atoms with Gasteiger partial charge in [-0.25, -0.2) is 0 Å². The normalized spacial score (nSPS) is 18.7. The fourth-order valence-corrected chi connectivity index (χ4v) is 3.48. The third-order valence-corrected chi connectivity index (χ3v) is 4.62. The molecule has 2 atom stereocenters. The third-order valence-electron chi connectivity index (χ3n) is 3.47. The molecule has 0 amide bonds. The van der Waals surface area contributed by atoms with E-state index >= 15 is 0 Å². The number of benzene rings is 1. The maximum absolute atomic E-state index is 6.19. The van der Waals surface area contributed by atoms with E-state index in [0.29, 0.717) is 6.04 Å². The third kappa shape index (κ3) is 4.19. The van der Waals surface area contributed by atoms with Crippen molar-refractivity contribution in [1.29, 1.82) is 0 Å². The van der Waals surface area contributed by atoms with Gasteiger partial charge in [0.15, 0.2) is 0 Å². The minimum Gasteiger partial charge on any atom is -0.487 e. The van der Waals surface area contributed by atoms with Gasteiger partial charge in [-0.05, 0) is 37.9 Å². The number of unbranched alkanes of at least 4 members (excludes halogenated alkanes) is 1. The molecule has 1 aromatic carbocycles. The number of hydrogen-bond donors (Lipinski definition) is 1. The average molecular weight is 289 g/mol. The Balaban J connectivity index is 1.97. The highest BCUT2D eigenvalue weighted by Crippen LogP contribution is 2.36. The van der Waals surface area contributed by atoms with Crippen LogP contribution in [0.15, 0.2) is 29.2 Å². The lowest BCUT2D eigenvalue weighted by molar-refractivity contribution is 0.159. The Hall–Kier alpha value is -1.11. The van der Waals surface area contributed by atoms with Gasteiger partial charge in [0.25, 0.3) is 0 Å². The lowest BCUT2D eigenvalue weighted by Gasteiger charge is -2.32. The van der Waals surface area contributed by atoms with Crippen molar-refractivity contribution in [3.8, 4) is 18.1 Å². The molecule has 0 aromatic heterocycles. The second-order valence-corrected chi connectivity index (χ2v) is 6.13. The minimum atomic E-state index is 0.235. The summed E-state index contributed by atoms with van der Waals surface area (Å²) >= 11 is 1.89. The molecule has 1 aliphatic rings. The molecule has 0 spiro atoms. The Morgan fingerprint density at radius 2 is 2.35 bits per heavy atom. The molecule has 108 valence electrons. The van der Waals surface area contributed by atoms with Gasteiger partial charge in [0, 0.05) is 23.1 Å². The van der Waals surface area contributed by atoms with Crippen LogP contribution in [0.3, 0.4) is 0 Å². The van der Waals surface area contributed by atoms with E-state index in [1.807, 2.05) is 17.8 Å². The van der Waals surface area contributed by atoms with Crippen LogP contribution in [0.5, 0.6) is 5.75 Å². The summed E-state index contributed by atoms with van der Waals surface area (Å²) in [6.45, 7) is 3.23. The molecule has 2 rings (SSSR count). The van der Waals surface area contributed by atoms with Crippen molar-refractivity contribution in [1.82, 2.24) is 5.32 Å². The molecule has 20 heavy (non-hydrogen) atoms. The fraction of sp³-hybridized carbons (Fsp3) is 0.529. The van der Waals surface area contributed by atoms with Crippen LogP contribution in [-0.4, -0.2) is 24.4 Å². The van der Waals surface area contributed by atoms with Gasteiger partial charge >= 0.3 is 0 Å². The highest BCUT2D eigenvalue weighted by atomic mass is 32.2. The smallest absolute Gasteiger partial charge is 0.133 e. The molecule has 1 aliphatic heterocycles. The monoisotopic (exact) mass is 289 g/mol. The molecule has 0 saturated heterocycles. The first-order valence-corrected chi connectivity index (χ1v) is 8.39. The highest BCUT2D eigenvalue weighted by molar-refractivity contribution is 7.99. The topological polar surface area (TPSA) is 21.3 Å². The van der Waals surface area contributed by atoms with Gasteiger partial charge in [0.1, 0.15) is 11.9 Å². The van der Waals surface area contributed by atoms with E-state index in [4.69, 9.17) is 11.2 Å². The van der Waals surface area contributed by atoms with Crippen LogP contribution >= 0.6 is 11.8 Å². The number of para-hydroxylation sites is 1. The van der Waals surface area contributed by atoms with E-state index < -0.39 is 0 Å². The first-order valence-electron chi connectivity index (χ1n) is 7.40. The molecule has 1 aromatic rings. The Bertz CT molecular complexity index is 455. The van der Waals surface area contributed by atoms with E-state index in [1.165, 1.54) is 4.90 Å². The van der Waals surface area contributed by atoms with Crippen molar-refractivity contribution >= 4 is 11.8 Å². The molecule has 2 unspecified atom stereocenters. The second kappa shape index (κ2) is 8.24. The van der Waals surface area contributed by atoms with Gasteiger partial charge < -0.3 is 10.1 Å². The van der Waals surface area contributed by atoms with Gasteiger partial charge in [-0.1, -0.05) is 19.1 Å². The van der Waals surface area contributed by atoms with E-state index in [-0.39, 0.29) is 6.10 Å². The molecule has 0 radical (unpaired) electrons. The van der Waals surface area contributed by atoms with Crippen LogP contribution in [0.25, 0.3) is 0 Å². The molecule has 2 nitrogen and oxygen atoms in total. The van der Waals surface area contributed by atoms with E-state index in [2.05, 4.69) is 36.4 Å². The summed E-state index contributed by atoms with van der Waals surface area (Å²) in [6.07, 6.45) is 9.72. The zero-order chi connectivity index (χ0) is 14.2. The second-order valence-electron chi connectivity index (χ2n) is 5.07. The lowest BCUT2D eigenvalue weighted by atomic mass is 10.0. The molecule has 1 N–H and O–H groups in total. The van der Waals surface area contributed by atoms with E-state index in [0.717, 1.165) is 43.7 Å². The highest BCUT2D eigenvalue weighted by Gasteiger charge is 2.27. The summed E-state index contributed by atoms with van der Waals surface area (Å²) in [5.74, 6) is 4.75. The first-order chi connectivity index (χ1) is 9.85. The zero-order valence-corrected chi connectivity index (χ0v) is 12.9. The van der Waals surface area contributed by atoms with Gasteiger partial charge in [-0.3, -0.25) is 0 Å². The molecule has 0 saturated carbocycles. The van der Waals surface area contributed by atoms with E-state index in [1.54, 1.807) is 0 Å². The predicted octanol–water partition coefficient (Wildman–Crippen LogP) is 3.71. The predicted molar refractivity (Wildman–Crippen MR) is 86.3 cm³/mol. The quantitative estimate of drug-likeness (QED) is 0.611. The van der Waals surface area contributed by atoms with Crippen molar-refractivity contribution in [2.45, 2.75) is 49.6 Å². The number of rotatable bonds is 7. The van der Waals surface area contributed by atoms with Crippen LogP contribution in [0.1, 0.15) is 32.6 Å². The molecule has 0 fully saturated rings. The van der Waals surface area contributed by atoms with Gasteiger partial charge in [-0.2, -0.15) is 0 Å². The van der Waals surface area contributed by atoms with Crippen LogP contribution in [-0.2, 0) is 0 Å². The van der Waals surface area contributed by atoms with Crippen molar-refractivity contribution in [2.24, 2.45) is 0 Å². The van der Waals surface area contributed by atoms with Crippen molar-refractivity contribution < 1.29 is 4.74 Å². The molecular formula is C17H23NOS. The van der Waals surface area contributed by atoms with Crippen molar-refractivity contribution in [3.63, 3.8) is 0 Å². The lowest BCUT2D eigenvalue weighted by Crippen LogP contribution is -2.45. The molecule has 1 heterocycles.